The van der Waals surface area contributed by atoms with Crippen molar-refractivity contribution in [2.24, 2.45) is 0 Å². The summed E-state index contributed by atoms with van der Waals surface area (Å²) in [5, 5.41) is 3.72. The molecule has 0 saturated heterocycles. The van der Waals surface area contributed by atoms with Gasteiger partial charge < -0.3 is 14.8 Å². The Hall–Kier alpha value is -3.08. The second-order valence-corrected chi connectivity index (χ2v) is 6.96. The summed E-state index contributed by atoms with van der Waals surface area (Å²) in [5.41, 5.74) is 5.77. The minimum atomic E-state index is -0.00204. The van der Waals surface area contributed by atoms with Gasteiger partial charge in [-0.15, -0.1) is 0 Å². The monoisotopic (exact) mass is 392 g/mol. The van der Waals surface area contributed by atoms with Gasteiger partial charge in [-0.05, 0) is 69.2 Å². The number of aryl methyl sites for hydroxylation is 1. The average molecular weight is 392 g/mol. The maximum Gasteiger partial charge on any atom is 0.224 e. The molecule has 1 amide bonds. The lowest BCUT2D eigenvalue weighted by Gasteiger charge is -2.17. The van der Waals surface area contributed by atoms with Crippen LogP contribution in [-0.2, 0) is 11.2 Å². The van der Waals surface area contributed by atoms with E-state index < -0.39 is 0 Å². The van der Waals surface area contributed by atoms with E-state index in [0.717, 1.165) is 50.3 Å². The van der Waals surface area contributed by atoms with Crippen LogP contribution in [-0.4, -0.2) is 31.2 Å². The smallest absolute Gasteiger partial charge is 0.224 e. The van der Waals surface area contributed by atoms with Crippen LogP contribution in [0.15, 0.2) is 36.4 Å². The molecule has 5 heteroatoms. The molecule has 0 aliphatic rings. The number of rotatable bonds is 7. The second kappa shape index (κ2) is 8.95. The van der Waals surface area contributed by atoms with Crippen molar-refractivity contribution in [3.63, 3.8) is 0 Å². The zero-order valence-electron chi connectivity index (χ0n) is 17.8. The van der Waals surface area contributed by atoms with E-state index in [1.807, 2.05) is 51.1 Å². The van der Waals surface area contributed by atoms with Gasteiger partial charge in [0.25, 0.3) is 0 Å². The number of hydrogen-bond donors (Lipinski definition) is 1. The number of hydrogen-bond acceptors (Lipinski definition) is 4. The summed E-state index contributed by atoms with van der Waals surface area (Å²) >= 11 is 0. The van der Waals surface area contributed by atoms with Crippen LogP contribution < -0.4 is 14.8 Å². The van der Waals surface area contributed by atoms with E-state index in [2.05, 4.69) is 18.3 Å². The highest BCUT2D eigenvalue weighted by Gasteiger charge is 2.16. The molecule has 1 heterocycles. The van der Waals surface area contributed by atoms with Crippen LogP contribution in [0.4, 0.5) is 0 Å². The van der Waals surface area contributed by atoms with Crippen molar-refractivity contribution < 1.29 is 14.3 Å². The third-order valence-corrected chi connectivity index (χ3v) is 4.94. The number of fused-ring (bicyclic) bond motifs is 1. The van der Waals surface area contributed by atoms with Crippen LogP contribution in [0, 0.1) is 13.8 Å². The quantitative estimate of drug-likeness (QED) is 0.638. The van der Waals surface area contributed by atoms with E-state index in [1.165, 1.54) is 0 Å². The van der Waals surface area contributed by atoms with E-state index in [-0.39, 0.29) is 5.91 Å². The zero-order valence-corrected chi connectivity index (χ0v) is 17.8. The molecule has 2 aromatic carbocycles. The second-order valence-electron chi connectivity index (χ2n) is 6.96. The molecule has 0 atom stereocenters. The molecule has 1 aromatic heterocycles. The Kier molecular flexibility index (Phi) is 6.37. The molecule has 152 valence electrons. The lowest BCUT2D eigenvalue weighted by atomic mass is 10.00. The summed E-state index contributed by atoms with van der Waals surface area (Å²) in [6, 6.07) is 12.0. The topological polar surface area (TPSA) is 60.5 Å². The van der Waals surface area contributed by atoms with Crippen molar-refractivity contribution in [1.29, 1.82) is 0 Å². The van der Waals surface area contributed by atoms with Crippen molar-refractivity contribution in [3.05, 3.63) is 53.1 Å². The Morgan fingerprint density at radius 1 is 1.03 bits per heavy atom. The summed E-state index contributed by atoms with van der Waals surface area (Å²) in [7, 11) is 1.65. The van der Waals surface area contributed by atoms with Crippen LogP contribution in [0.3, 0.4) is 0 Å². The maximum atomic E-state index is 11.7. The number of likely N-dealkylation sites (N-methyl/N-ethyl adjacent to an activating group) is 1. The van der Waals surface area contributed by atoms with Gasteiger partial charge >= 0.3 is 0 Å². The summed E-state index contributed by atoms with van der Waals surface area (Å²) < 4.78 is 11.7. The van der Waals surface area contributed by atoms with Gasteiger partial charge in [0.2, 0.25) is 5.91 Å². The normalized spacial score (nSPS) is 10.8. The largest absolute Gasteiger partial charge is 0.493 e. The number of carbonyl (C=O) groups excluding carboxylic acids is 1. The SMILES string of the molecule is CCOc1ccc(-c2cc(C)c3cc(CC(=O)NC)ccc3n2)c(OCC)c1C. The minimum absolute atomic E-state index is 0.00204. The molecular weight excluding hydrogens is 364 g/mol. The molecular formula is C24H28N2O3. The molecule has 29 heavy (non-hydrogen) atoms. The number of carbonyl (C=O) groups is 1. The van der Waals surface area contributed by atoms with Crippen LogP contribution in [0.2, 0.25) is 0 Å². The molecule has 0 radical (unpaired) electrons. The number of ether oxygens (including phenoxy) is 2. The Labute approximate surface area is 172 Å². The molecule has 0 aliphatic carbocycles. The number of amides is 1. The van der Waals surface area contributed by atoms with Gasteiger partial charge in [0, 0.05) is 23.6 Å². The summed E-state index contributed by atoms with van der Waals surface area (Å²) in [4.78, 5) is 16.6. The van der Waals surface area contributed by atoms with Gasteiger partial charge in [0.1, 0.15) is 11.5 Å². The van der Waals surface area contributed by atoms with E-state index in [4.69, 9.17) is 14.5 Å². The van der Waals surface area contributed by atoms with Crippen molar-refractivity contribution >= 4 is 16.8 Å². The Bertz CT molecular complexity index is 1040. The Balaban J connectivity index is 2.09. The molecule has 0 spiro atoms. The number of benzene rings is 2. The number of nitrogens with zero attached hydrogens (tertiary/aromatic N) is 1. The first-order chi connectivity index (χ1) is 14.0. The van der Waals surface area contributed by atoms with Crippen molar-refractivity contribution in [2.45, 2.75) is 34.1 Å². The third-order valence-electron chi connectivity index (χ3n) is 4.94. The van der Waals surface area contributed by atoms with Crippen LogP contribution in [0.1, 0.15) is 30.5 Å². The fourth-order valence-corrected chi connectivity index (χ4v) is 3.48. The maximum absolute atomic E-state index is 11.7. The number of nitrogens with one attached hydrogen (secondary N) is 1. The predicted molar refractivity (Wildman–Crippen MR) is 117 cm³/mol. The van der Waals surface area contributed by atoms with Gasteiger partial charge in [0.15, 0.2) is 0 Å². The fourth-order valence-electron chi connectivity index (χ4n) is 3.48. The standard InChI is InChI=1S/C24H28N2O3/c1-6-28-22-11-9-18(24(16(22)4)29-7-2)21-12-15(3)19-13-17(14-23(27)25-5)8-10-20(19)26-21/h8-13H,6-7,14H2,1-5H3,(H,25,27). The Morgan fingerprint density at radius 2 is 1.79 bits per heavy atom. The molecule has 0 fully saturated rings. The third kappa shape index (κ3) is 4.34. The number of aromatic nitrogens is 1. The summed E-state index contributed by atoms with van der Waals surface area (Å²) in [5.74, 6) is 1.63. The average Bonchev–Trinajstić information content (AvgIpc) is 2.71. The molecule has 0 unspecified atom stereocenters. The van der Waals surface area contributed by atoms with Gasteiger partial charge in [-0.25, -0.2) is 4.98 Å². The molecule has 0 bridgehead atoms. The van der Waals surface area contributed by atoms with Gasteiger partial charge in [-0.3, -0.25) is 4.79 Å². The summed E-state index contributed by atoms with van der Waals surface area (Å²) in [6.45, 7) is 9.21. The van der Waals surface area contributed by atoms with Crippen LogP contribution in [0.5, 0.6) is 11.5 Å². The van der Waals surface area contributed by atoms with E-state index in [9.17, 15) is 4.79 Å². The molecule has 3 aromatic rings. The van der Waals surface area contributed by atoms with Gasteiger partial charge in [-0.1, -0.05) is 6.07 Å². The van der Waals surface area contributed by atoms with Crippen LogP contribution >= 0.6 is 0 Å². The van der Waals surface area contributed by atoms with Crippen molar-refractivity contribution in [3.8, 4) is 22.8 Å². The zero-order chi connectivity index (χ0) is 21.0. The molecule has 5 nitrogen and oxygen atoms in total. The molecule has 3 rings (SSSR count). The lowest BCUT2D eigenvalue weighted by Crippen LogP contribution is -2.19. The van der Waals surface area contributed by atoms with E-state index >= 15 is 0 Å². The van der Waals surface area contributed by atoms with E-state index in [1.54, 1.807) is 7.05 Å². The first kappa shape index (κ1) is 20.6. The first-order valence-corrected chi connectivity index (χ1v) is 9.98. The highest BCUT2D eigenvalue weighted by molar-refractivity contribution is 5.88. The first-order valence-electron chi connectivity index (χ1n) is 9.98. The molecule has 1 N–H and O–H groups in total. The fraction of sp³-hybridized carbons (Fsp3) is 0.333. The van der Waals surface area contributed by atoms with Gasteiger partial charge in [0.05, 0.1) is 30.8 Å². The highest BCUT2D eigenvalue weighted by atomic mass is 16.5. The van der Waals surface area contributed by atoms with E-state index in [0.29, 0.717) is 19.6 Å². The van der Waals surface area contributed by atoms with Crippen LogP contribution in [0.25, 0.3) is 22.2 Å². The van der Waals surface area contributed by atoms with Crippen molar-refractivity contribution in [2.75, 3.05) is 20.3 Å². The molecule has 0 aliphatic heterocycles. The minimum Gasteiger partial charge on any atom is -0.493 e. The number of pyridine rings is 1. The Morgan fingerprint density at radius 3 is 2.48 bits per heavy atom. The van der Waals surface area contributed by atoms with Crippen molar-refractivity contribution in [1.82, 2.24) is 10.3 Å². The van der Waals surface area contributed by atoms with Gasteiger partial charge in [-0.2, -0.15) is 0 Å². The lowest BCUT2D eigenvalue weighted by molar-refractivity contribution is -0.119. The summed E-state index contributed by atoms with van der Waals surface area (Å²) in [6.07, 6.45) is 0.361. The molecule has 0 saturated carbocycles. The predicted octanol–water partition coefficient (Wildman–Crippen LogP) is 4.60. The highest BCUT2D eigenvalue weighted by Crippen LogP contribution is 2.38.